The number of alkyl halides is 3. The van der Waals surface area contributed by atoms with Crippen LogP contribution in [0.2, 0.25) is 0 Å². The quantitative estimate of drug-likeness (QED) is 0.662. The molecule has 0 aliphatic carbocycles. The fourth-order valence-electron chi connectivity index (χ4n) is 3.17. The lowest BCUT2D eigenvalue weighted by Crippen LogP contribution is -2.37. The molecule has 0 fully saturated rings. The van der Waals surface area contributed by atoms with Crippen molar-refractivity contribution in [2.24, 2.45) is 0 Å². The third-order valence-corrected chi connectivity index (χ3v) is 5.01. The maximum atomic E-state index is 13.0. The fraction of sp³-hybridized carbons (Fsp3) is 0.318. The van der Waals surface area contributed by atoms with Gasteiger partial charge in [-0.05, 0) is 23.8 Å². The minimum atomic E-state index is -4.41. The van der Waals surface area contributed by atoms with Gasteiger partial charge in [-0.2, -0.15) is 18.3 Å². The second-order valence-electron chi connectivity index (χ2n) is 7.74. The predicted octanol–water partition coefficient (Wildman–Crippen LogP) is 3.90. The van der Waals surface area contributed by atoms with Gasteiger partial charge in [-0.3, -0.25) is 14.3 Å². The summed E-state index contributed by atoms with van der Waals surface area (Å²) in [6, 6.07) is 12.1. The van der Waals surface area contributed by atoms with Gasteiger partial charge < -0.3 is 5.32 Å². The summed E-state index contributed by atoms with van der Waals surface area (Å²) in [6.07, 6.45) is -3.07. The van der Waals surface area contributed by atoms with Crippen molar-refractivity contribution in [2.45, 2.75) is 38.4 Å². The van der Waals surface area contributed by atoms with Crippen LogP contribution in [0.15, 0.2) is 59.5 Å². The Kier molecular flexibility index (Phi) is 5.96. The molecule has 0 aliphatic heterocycles. The van der Waals surface area contributed by atoms with Gasteiger partial charge in [0.05, 0.1) is 23.8 Å². The number of benzene rings is 2. The SMILES string of the molecule is CC(C)(CNC(=O)CCn1ncc(=O)c2ccccc21)c1cccc(C(F)(F)F)c1. The highest BCUT2D eigenvalue weighted by Gasteiger charge is 2.32. The van der Waals surface area contributed by atoms with Gasteiger partial charge in [0.15, 0.2) is 0 Å². The van der Waals surface area contributed by atoms with Gasteiger partial charge in [0.1, 0.15) is 0 Å². The molecule has 3 rings (SSSR count). The number of fused-ring (bicyclic) bond motifs is 1. The van der Waals surface area contributed by atoms with E-state index in [2.05, 4.69) is 10.4 Å². The number of hydrogen-bond acceptors (Lipinski definition) is 3. The second kappa shape index (κ2) is 8.30. The number of carbonyl (C=O) groups is 1. The van der Waals surface area contributed by atoms with Crippen LogP contribution >= 0.6 is 0 Å². The number of para-hydroxylation sites is 1. The summed E-state index contributed by atoms with van der Waals surface area (Å²) in [7, 11) is 0. The van der Waals surface area contributed by atoms with Crippen LogP contribution in [-0.4, -0.2) is 22.2 Å². The average molecular weight is 417 g/mol. The first-order valence-corrected chi connectivity index (χ1v) is 9.47. The summed E-state index contributed by atoms with van der Waals surface area (Å²) in [5, 5.41) is 7.40. The molecule has 1 N–H and O–H groups in total. The van der Waals surface area contributed by atoms with Crippen LogP contribution < -0.4 is 10.7 Å². The average Bonchev–Trinajstić information content (AvgIpc) is 2.71. The lowest BCUT2D eigenvalue weighted by Gasteiger charge is -2.26. The van der Waals surface area contributed by atoms with Crippen LogP contribution in [0.4, 0.5) is 13.2 Å². The summed E-state index contributed by atoms with van der Waals surface area (Å²) >= 11 is 0. The molecule has 0 radical (unpaired) electrons. The Balaban J connectivity index is 1.64. The number of rotatable bonds is 6. The number of hydrogen-bond donors (Lipinski definition) is 1. The van der Waals surface area contributed by atoms with Gasteiger partial charge in [-0.1, -0.05) is 44.2 Å². The molecule has 158 valence electrons. The number of nitrogens with zero attached hydrogens (tertiary/aromatic N) is 2. The first kappa shape index (κ1) is 21.5. The zero-order valence-electron chi connectivity index (χ0n) is 16.7. The van der Waals surface area contributed by atoms with Crippen LogP contribution in [0, 0.1) is 0 Å². The molecule has 0 atom stereocenters. The molecule has 0 bridgehead atoms. The van der Waals surface area contributed by atoms with Crippen molar-refractivity contribution in [1.82, 2.24) is 15.1 Å². The Morgan fingerprint density at radius 1 is 1.07 bits per heavy atom. The van der Waals surface area contributed by atoms with Gasteiger partial charge in [-0.25, -0.2) is 0 Å². The minimum Gasteiger partial charge on any atom is -0.355 e. The lowest BCUT2D eigenvalue weighted by atomic mass is 9.83. The molecule has 1 heterocycles. The van der Waals surface area contributed by atoms with E-state index in [1.807, 2.05) is 0 Å². The van der Waals surface area contributed by atoms with Gasteiger partial charge in [0.25, 0.3) is 0 Å². The molecule has 1 amide bonds. The normalized spacial score (nSPS) is 12.2. The zero-order chi connectivity index (χ0) is 21.9. The largest absolute Gasteiger partial charge is 0.416 e. The lowest BCUT2D eigenvalue weighted by molar-refractivity contribution is -0.137. The van der Waals surface area contributed by atoms with Crippen LogP contribution in [0.1, 0.15) is 31.4 Å². The molecule has 0 saturated heterocycles. The molecule has 2 aromatic carbocycles. The summed E-state index contributed by atoms with van der Waals surface area (Å²) in [5.74, 6) is -0.250. The van der Waals surface area contributed by atoms with Crippen LogP contribution in [0.25, 0.3) is 10.9 Å². The number of aromatic nitrogens is 2. The van der Waals surface area contributed by atoms with Crippen molar-refractivity contribution >= 4 is 16.8 Å². The molecular weight excluding hydrogens is 395 g/mol. The molecular formula is C22H22F3N3O2. The highest BCUT2D eigenvalue weighted by Crippen LogP contribution is 2.32. The Hall–Kier alpha value is -3.16. The zero-order valence-corrected chi connectivity index (χ0v) is 16.7. The number of amides is 1. The van der Waals surface area contributed by atoms with E-state index < -0.39 is 17.2 Å². The highest BCUT2D eigenvalue weighted by atomic mass is 19.4. The van der Waals surface area contributed by atoms with E-state index in [9.17, 15) is 22.8 Å². The molecule has 1 aromatic heterocycles. The van der Waals surface area contributed by atoms with Crippen molar-refractivity contribution in [2.75, 3.05) is 6.54 Å². The number of carbonyl (C=O) groups excluding carboxylic acids is 1. The summed E-state index contributed by atoms with van der Waals surface area (Å²) in [6.45, 7) is 4.02. The minimum absolute atomic E-state index is 0.124. The highest BCUT2D eigenvalue weighted by molar-refractivity contribution is 5.79. The van der Waals surface area contributed by atoms with E-state index in [0.29, 0.717) is 16.5 Å². The van der Waals surface area contributed by atoms with Gasteiger partial charge in [0.2, 0.25) is 11.3 Å². The maximum Gasteiger partial charge on any atom is 0.416 e. The fourth-order valence-corrected chi connectivity index (χ4v) is 3.17. The summed E-state index contributed by atoms with van der Waals surface area (Å²) < 4.78 is 40.5. The van der Waals surface area contributed by atoms with Crippen molar-refractivity contribution in [3.8, 4) is 0 Å². The third kappa shape index (κ3) is 4.87. The van der Waals surface area contributed by atoms with Crippen molar-refractivity contribution in [3.63, 3.8) is 0 Å². The van der Waals surface area contributed by atoms with Crippen LogP contribution in [0.3, 0.4) is 0 Å². The van der Waals surface area contributed by atoms with Gasteiger partial charge in [0, 0.05) is 23.8 Å². The van der Waals surface area contributed by atoms with Crippen molar-refractivity contribution < 1.29 is 18.0 Å². The standard InChI is InChI=1S/C22H22F3N3O2/c1-21(2,15-6-5-7-16(12-15)22(23,24)25)14-26-20(30)10-11-28-18-9-4-3-8-17(18)19(29)13-27-28/h3-9,12-13H,10-11,14H2,1-2H3,(H,26,30). The van der Waals surface area contributed by atoms with E-state index in [1.54, 1.807) is 48.9 Å². The molecule has 3 aromatic rings. The summed E-state index contributed by atoms with van der Waals surface area (Å²) in [5.41, 5.74) is -0.448. The second-order valence-corrected chi connectivity index (χ2v) is 7.74. The predicted molar refractivity (Wildman–Crippen MR) is 108 cm³/mol. The Morgan fingerprint density at radius 2 is 1.77 bits per heavy atom. The molecule has 30 heavy (non-hydrogen) atoms. The first-order valence-electron chi connectivity index (χ1n) is 9.47. The Bertz CT molecular complexity index is 1120. The van der Waals surface area contributed by atoms with E-state index >= 15 is 0 Å². The number of nitrogens with one attached hydrogen (secondary N) is 1. The number of aryl methyl sites for hydroxylation is 1. The van der Waals surface area contributed by atoms with E-state index in [0.717, 1.165) is 12.1 Å². The molecule has 0 aliphatic rings. The van der Waals surface area contributed by atoms with E-state index in [4.69, 9.17) is 0 Å². The van der Waals surface area contributed by atoms with Crippen molar-refractivity contribution in [1.29, 1.82) is 0 Å². The maximum absolute atomic E-state index is 13.0. The van der Waals surface area contributed by atoms with Crippen molar-refractivity contribution in [3.05, 3.63) is 76.1 Å². The van der Waals surface area contributed by atoms with E-state index in [1.165, 1.54) is 12.3 Å². The molecule has 8 heteroatoms. The molecule has 0 saturated carbocycles. The topological polar surface area (TPSA) is 64.0 Å². The molecule has 5 nitrogen and oxygen atoms in total. The smallest absolute Gasteiger partial charge is 0.355 e. The summed E-state index contributed by atoms with van der Waals surface area (Å²) in [4.78, 5) is 24.2. The third-order valence-electron chi connectivity index (χ3n) is 5.01. The van der Waals surface area contributed by atoms with Gasteiger partial charge in [-0.15, -0.1) is 0 Å². The van der Waals surface area contributed by atoms with Crippen LogP contribution in [0.5, 0.6) is 0 Å². The monoisotopic (exact) mass is 417 g/mol. The first-order chi connectivity index (χ1) is 14.1. The Morgan fingerprint density at radius 3 is 2.50 bits per heavy atom. The molecule has 0 spiro atoms. The van der Waals surface area contributed by atoms with Crippen LogP contribution in [-0.2, 0) is 22.9 Å². The number of halogens is 3. The molecule has 0 unspecified atom stereocenters. The van der Waals surface area contributed by atoms with Gasteiger partial charge >= 0.3 is 6.18 Å². The van der Waals surface area contributed by atoms with E-state index in [-0.39, 0.29) is 30.8 Å². The Labute approximate surface area is 171 Å².